The molecule has 1 heterocycles. The molecule has 35 heavy (non-hydrogen) atoms. The van der Waals surface area contributed by atoms with Crippen LogP contribution in [-0.2, 0) is 11.2 Å². The molecular formula is C26H22N2O6S. The maximum atomic E-state index is 13.7. The number of carbonyl (C=O) groups is 2. The fraction of sp³-hybridized carbons (Fsp3) is 0.154. The second-order valence-corrected chi connectivity index (χ2v) is 8.06. The normalized spacial score (nSPS) is 11.6. The highest BCUT2D eigenvalue weighted by Crippen LogP contribution is 2.39. The van der Waals surface area contributed by atoms with Crippen molar-refractivity contribution in [3.8, 4) is 17.2 Å². The van der Waals surface area contributed by atoms with E-state index < -0.39 is 11.8 Å². The van der Waals surface area contributed by atoms with Crippen LogP contribution in [-0.4, -0.2) is 46.9 Å². The number of rotatable bonds is 9. The first-order valence-electron chi connectivity index (χ1n) is 10.5. The van der Waals surface area contributed by atoms with Crippen LogP contribution >= 0.6 is 11.7 Å². The van der Waals surface area contributed by atoms with Gasteiger partial charge in [-0.05, 0) is 35.4 Å². The molecular weight excluding hydrogens is 468 g/mol. The molecule has 0 aliphatic rings. The van der Waals surface area contributed by atoms with Crippen LogP contribution < -0.4 is 14.2 Å². The lowest BCUT2D eigenvalue weighted by Gasteiger charge is -2.16. The summed E-state index contributed by atoms with van der Waals surface area (Å²) in [6.07, 6.45) is 0.0133. The lowest BCUT2D eigenvalue weighted by Crippen LogP contribution is -2.14. The number of fused-ring (bicyclic) bond motifs is 1. The lowest BCUT2D eigenvalue weighted by atomic mass is 9.89. The van der Waals surface area contributed by atoms with E-state index in [1.54, 1.807) is 60.7 Å². The molecule has 3 aromatic carbocycles. The fourth-order valence-electron chi connectivity index (χ4n) is 3.85. The number of carboxylic acids is 1. The van der Waals surface area contributed by atoms with E-state index in [2.05, 4.69) is 8.75 Å². The van der Waals surface area contributed by atoms with Crippen molar-refractivity contribution in [1.29, 1.82) is 0 Å². The zero-order valence-electron chi connectivity index (χ0n) is 19.3. The van der Waals surface area contributed by atoms with Crippen LogP contribution in [0.2, 0.25) is 0 Å². The predicted molar refractivity (Wildman–Crippen MR) is 133 cm³/mol. The number of hydrogen-bond donors (Lipinski definition) is 1. The van der Waals surface area contributed by atoms with Crippen molar-refractivity contribution >= 4 is 40.1 Å². The van der Waals surface area contributed by atoms with Crippen molar-refractivity contribution in [2.45, 2.75) is 6.42 Å². The monoisotopic (exact) mass is 490 g/mol. The van der Waals surface area contributed by atoms with Gasteiger partial charge in [-0.15, -0.1) is 0 Å². The predicted octanol–water partition coefficient (Wildman–Crippen LogP) is 4.68. The Morgan fingerprint density at radius 3 is 2.09 bits per heavy atom. The zero-order valence-corrected chi connectivity index (χ0v) is 20.1. The second kappa shape index (κ2) is 10.4. The molecule has 4 aromatic rings. The van der Waals surface area contributed by atoms with E-state index in [4.69, 9.17) is 14.2 Å². The molecule has 4 rings (SSSR count). The van der Waals surface area contributed by atoms with Gasteiger partial charge >= 0.3 is 5.97 Å². The topological polar surface area (TPSA) is 108 Å². The van der Waals surface area contributed by atoms with Crippen molar-refractivity contribution < 1.29 is 28.9 Å². The quantitative estimate of drug-likeness (QED) is 0.266. The van der Waals surface area contributed by atoms with Gasteiger partial charge in [0.05, 0.1) is 38.6 Å². The van der Waals surface area contributed by atoms with E-state index in [0.717, 1.165) is 11.7 Å². The number of carbonyl (C=O) groups excluding carboxylic acids is 1. The van der Waals surface area contributed by atoms with E-state index in [1.807, 2.05) is 0 Å². The summed E-state index contributed by atoms with van der Waals surface area (Å²) >= 11 is 1.04. The highest BCUT2D eigenvalue weighted by atomic mass is 32.1. The summed E-state index contributed by atoms with van der Waals surface area (Å²) in [7, 11) is 4.48. The van der Waals surface area contributed by atoms with E-state index in [0.29, 0.717) is 45.0 Å². The standard InChI is InChI=1S/C26H22N2O6S/c1-32-21-12-15(13-22(33-2)25(21)34-3)11-18(24(29)16-7-5-4-6-8-16)23(26(30)31)17-9-10-19-20(14-17)28-35-27-19/h4-10,12-14H,11H2,1-3H3,(H,30,31). The molecule has 0 aliphatic heterocycles. The number of aliphatic carboxylic acids is 1. The minimum Gasteiger partial charge on any atom is -0.493 e. The van der Waals surface area contributed by atoms with Crippen LogP contribution in [0.25, 0.3) is 16.6 Å². The summed E-state index contributed by atoms with van der Waals surface area (Å²) in [6.45, 7) is 0. The zero-order chi connectivity index (χ0) is 24.9. The smallest absolute Gasteiger partial charge is 0.336 e. The Bertz CT molecular complexity index is 1400. The van der Waals surface area contributed by atoms with Gasteiger partial charge in [0.25, 0.3) is 0 Å². The molecule has 0 unspecified atom stereocenters. The number of allylic oxidation sites excluding steroid dienone is 1. The Morgan fingerprint density at radius 1 is 0.829 bits per heavy atom. The first-order valence-corrected chi connectivity index (χ1v) is 11.3. The molecule has 0 fully saturated rings. The van der Waals surface area contributed by atoms with Crippen molar-refractivity contribution in [3.05, 3.63) is 82.9 Å². The largest absolute Gasteiger partial charge is 0.493 e. The molecule has 0 saturated carbocycles. The Hall–Kier alpha value is -4.24. The highest BCUT2D eigenvalue weighted by Gasteiger charge is 2.25. The van der Waals surface area contributed by atoms with Crippen LogP contribution in [0.5, 0.6) is 17.2 Å². The Kier molecular flexibility index (Phi) is 7.07. The van der Waals surface area contributed by atoms with Gasteiger partial charge in [0.1, 0.15) is 11.0 Å². The van der Waals surface area contributed by atoms with Gasteiger partial charge < -0.3 is 19.3 Å². The molecule has 8 nitrogen and oxygen atoms in total. The molecule has 1 N–H and O–H groups in total. The number of nitrogens with zero attached hydrogens (tertiary/aromatic N) is 2. The molecule has 0 aliphatic carbocycles. The van der Waals surface area contributed by atoms with Crippen LogP contribution in [0.3, 0.4) is 0 Å². The SMILES string of the molecule is COc1cc(CC(C(=O)c2ccccc2)=C(C(=O)O)c2ccc3nsnc3c2)cc(OC)c1OC. The van der Waals surface area contributed by atoms with Crippen molar-refractivity contribution in [2.24, 2.45) is 0 Å². The summed E-state index contributed by atoms with van der Waals surface area (Å²) in [6, 6.07) is 16.9. The van der Waals surface area contributed by atoms with E-state index in [1.165, 1.54) is 21.3 Å². The number of ketones is 1. The molecule has 0 spiro atoms. The number of carboxylic acid groups (broad SMARTS) is 1. The lowest BCUT2D eigenvalue weighted by molar-refractivity contribution is -0.130. The number of benzene rings is 3. The van der Waals surface area contributed by atoms with Gasteiger partial charge in [0, 0.05) is 17.6 Å². The Morgan fingerprint density at radius 2 is 1.49 bits per heavy atom. The molecule has 0 amide bonds. The van der Waals surface area contributed by atoms with E-state index >= 15 is 0 Å². The van der Waals surface area contributed by atoms with Gasteiger partial charge in [0.15, 0.2) is 17.3 Å². The van der Waals surface area contributed by atoms with Crippen LogP contribution in [0.15, 0.2) is 66.2 Å². The molecule has 0 atom stereocenters. The Balaban J connectivity index is 1.93. The molecule has 0 bridgehead atoms. The average Bonchev–Trinajstić information content (AvgIpc) is 3.35. The molecule has 1 aromatic heterocycles. The number of methoxy groups -OCH3 is 3. The first kappa shape index (κ1) is 23.9. The minimum absolute atomic E-state index is 0.0133. The summed E-state index contributed by atoms with van der Waals surface area (Å²) in [4.78, 5) is 26.3. The second-order valence-electron chi connectivity index (χ2n) is 7.53. The van der Waals surface area contributed by atoms with E-state index in [-0.39, 0.29) is 17.6 Å². The van der Waals surface area contributed by atoms with Crippen LogP contribution in [0, 0.1) is 0 Å². The maximum absolute atomic E-state index is 13.7. The van der Waals surface area contributed by atoms with Crippen molar-refractivity contribution in [3.63, 3.8) is 0 Å². The number of hydrogen-bond acceptors (Lipinski definition) is 8. The first-order chi connectivity index (χ1) is 17.0. The van der Waals surface area contributed by atoms with Gasteiger partial charge in [0.2, 0.25) is 5.75 Å². The van der Waals surface area contributed by atoms with Gasteiger partial charge in [-0.2, -0.15) is 8.75 Å². The summed E-state index contributed by atoms with van der Waals surface area (Å²) in [5.74, 6) is -0.411. The van der Waals surface area contributed by atoms with Gasteiger partial charge in [-0.3, -0.25) is 4.79 Å². The molecule has 178 valence electrons. The summed E-state index contributed by atoms with van der Waals surface area (Å²) in [5.41, 5.74) is 2.58. The van der Waals surface area contributed by atoms with Crippen molar-refractivity contribution in [1.82, 2.24) is 8.75 Å². The molecule has 0 saturated heterocycles. The summed E-state index contributed by atoms with van der Waals surface area (Å²) < 4.78 is 24.7. The Labute approximate surface area is 205 Å². The third-order valence-electron chi connectivity index (χ3n) is 5.47. The average molecular weight is 491 g/mol. The maximum Gasteiger partial charge on any atom is 0.336 e. The van der Waals surface area contributed by atoms with Gasteiger partial charge in [-0.25, -0.2) is 4.79 Å². The third-order valence-corrected chi connectivity index (χ3v) is 6.03. The highest BCUT2D eigenvalue weighted by molar-refractivity contribution is 7.00. The number of Topliss-reactive ketones (excluding diaryl/α,β-unsaturated/α-hetero) is 1. The van der Waals surface area contributed by atoms with E-state index in [9.17, 15) is 14.7 Å². The summed E-state index contributed by atoms with van der Waals surface area (Å²) in [5, 5.41) is 10.3. The fourth-order valence-corrected chi connectivity index (χ4v) is 4.37. The van der Waals surface area contributed by atoms with Gasteiger partial charge in [-0.1, -0.05) is 36.4 Å². The van der Waals surface area contributed by atoms with Crippen molar-refractivity contribution in [2.75, 3.05) is 21.3 Å². The van der Waals surface area contributed by atoms with Crippen LogP contribution in [0.1, 0.15) is 21.5 Å². The number of aromatic nitrogens is 2. The number of ether oxygens (including phenoxy) is 3. The minimum atomic E-state index is -1.22. The molecule has 0 radical (unpaired) electrons. The third kappa shape index (κ3) is 4.85. The van der Waals surface area contributed by atoms with Crippen LogP contribution in [0.4, 0.5) is 0 Å². The molecule has 9 heteroatoms.